The summed E-state index contributed by atoms with van der Waals surface area (Å²) in [5.74, 6) is -0.776. The second kappa shape index (κ2) is 4.85. The van der Waals surface area contributed by atoms with Crippen LogP contribution in [-0.2, 0) is 0 Å². The molecule has 0 aliphatic rings. The lowest BCUT2D eigenvalue weighted by atomic mass is 10.2. The van der Waals surface area contributed by atoms with Crippen LogP contribution in [0, 0.1) is 17.1 Å². The minimum atomic E-state index is -0.648. The minimum absolute atomic E-state index is 0.0522. The van der Waals surface area contributed by atoms with Gasteiger partial charge in [0.1, 0.15) is 0 Å². The number of hydrogen-bond donors (Lipinski definition) is 2. The molecule has 0 amide bonds. The zero-order valence-corrected chi connectivity index (χ0v) is 9.74. The smallest absolute Gasteiger partial charge is 0.222 e. The number of nitriles is 1. The Balaban J connectivity index is 2.34. The highest BCUT2D eigenvalue weighted by atomic mass is 35.5. The summed E-state index contributed by atoms with van der Waals surface area (Å²) >= 11 is 5.94. The Bertz CT molecular complexity index is 638. The SMILES string of the molecule is N#Cc1ccc(Nc2nc(N)ncc2F)c(Cl)c1. The summed E-state index contributed by atoms with van der Waals surface area (Å²) in [6, 6.07) is 6.52. The number of nitrogens with zero attached hydrogens (tertiary/aromatic N) is 3. The van der Waals surface area contributed by atoms with Crippen molar-refractivity contribution in [3.8, 4) is 6.07 Å². The number of benzene rings is 1. The zero-order chi connectivity index (χ0) is 13.1. The molecule has 0 radical (unpaired) electrons. The molecule has 2 rings (SSSR count). The fraction of sp³-hybridized carbons (Fsp3) is 0. The third kappa shape index (κ3) is 2.47. The predicted octanol–water partition coefficient (Wildman–Crippen LogP) is 2.47. The van der Waals surface area contributed by atoms with Crippen molar-refractivity contribution in [3.05, 3.63) is 40.8 Å². The molecule has 0 spiro atoms. The average molecular weight is 264 g/mol. The highest BCUT2D eigenvalue weighted by Crippen LogP contribution is 2.26. The molecule has 0 fully saturated rings. The van der Waals surface area contributed by atoms with Gasteiger partial charge < -0.3 is 11.1 Å². The van der Waals surface area contributed by atoms with E-state index in [4.69, 9.17) is 22.6 Å². The maximum absolute atomic E-state index is 13.4. The summed E-state index contributed by atoms with van der Waals surface area (Å²) in [7, 11) is 0. The first-order valence-electron chi connectivity index (χ1n) is 4.85. The van der Waals surface area contributed by atoms with E-state index in [1.54, 1.807) is 12.1 Å². The molecule has 7 heteroatoms. The Hall–Kier alpha value is -2.39. The molecule has 90 valence electrons. The van der Waals surface area contributed by atoms with Gasteiger partial charge in [0, 0.05) is 0 Å². The third-order valence-corrected chi connectivity index (χ3v) is 2.43. The van der Waals surface area contributed by atoms with Crippen molar-refractivity contribution in [2.24, 2.45) is 0 Å². The lowest BCUT2D eigenvalue weighted by molar-refractivity contribution is 0.620. The lowest BCUT2D eigenvalue weighted by Gasteiger charge is -2.08. The Labute approximate surface area is 107 Å². The zero-order valence-electron chi connectivity index (χ0n) is 8.98. The van der Waals surface area contributed by atoms with Crippen LogP contribution in [-0.4, -0.2) is 9.97 Å². The molecule has 2 aromatic rings. The van der Waals surface area contributed by atoms with Crippen LogP contribution < -0.4 is 11.1 Å². The van der Waals surface area contributed by atoms with E-state index in [2.05, 4.69) is 15.3 Å². The van der Waals surface area contributed by atoms with E-state index >= 15 is 0 Å². The Kier molecular flexibility index (Phi) is 3.26. The monoisotopic (exact) mass is 263 g/mol. The predicted molar refractivity (Wildman–Crippen MR) is 65.9 cm³/mol. The second-order valence-corrected chi connectivity index (χ2v) is 3.76. The van der Waals surface area contributed by atoms with Gasteiger partial charge in [0.15, 0.2) is 11.6 Å². The average Bonchev–Trinajstić information content (AvgIpc) is 2.36. The van der Waals surface area contributed by atoms with Gasteiger partial charge in [-0.3, -0.25) is 0 Å². The van der Waals surface area contributed by atoms with Crippen molar-refractivity contribution in [1.29, 1.82) is 5.26 Å². The quantitative estimate of drug-likeness (QED) is 0.869. The molecule has 1 aromatic heterocycles. The summed E-state index contributed by atoms with van der Waals surface area (Å²) in [5.41, 5.74) is 6.19. The second-order valence-electron chi connectivity index (χ2n) is 3.36. The maximum atomic E-state index is 13.4. The van der Waals surface area contributed by atoms with Crippen molar-refractivity contribution in [1.82, 2.24) is 9.97 Å². The van der Waals surface area contributed by atoms with Crippen molar-refractivity contribution in [2.75, 3.05) is 11.1 Å². The van der Waals surface area contributed by atoms with Crippen LogP contribution >= 0.6 is 11.6 Å². The van der Waals surface area contributed by atoms with E-state index in [1.807, 2.05) is 6.07 Å². The number of anilines is 3. The molecule has 0 atom stereocenters. The normalized spacial score (nSPS) is 9.83. The van der Waals surface area contributed by atoms with Gasteiger partial charge in [0.05, 0.1) is 28.5 Å². The van der Waals surface area contributed by atoms with Gasteiger partial charge >= 0.3 is 0 Å². The van der Waals surface area contributed by atoms with Crippen LogP contribution in [0.1, 0.15) is 5.56 Å². The molecular weight excluding hydrogens is 257 g/mol. The van der Waals surface area contributed by atoms with Gasteiger partial charge in [0.25, 0.3) is 0 Å². The Morgan fingerprint density at radius 3 is 2.89 bits per heavy atom. The summed E-state index contributed by atoms with van der Waals surface area (Å²) < 4.78 is 13.4. The van der Waals surface area contributed by atoms with Gasteiger partial charge in [-0.1, -0.05) is 11.6 Å². The van der Waals surface area contributed by atoms with Crippen molar-refractivity contribution >= 4 is 29.1 Å². The first-order valence-corrected chi connectivity index (χ1v) is 5.22. The molecule has 0 saturated carbocycles. The molecule has 0 aliphatic heterocycles. The van der Waals surface area contributed by atoms with Crippen LogP contribution in [0.2, 0.25) is 5.02 Å². The molecule has 1 aromatic carbocycles. The number of halogens is 2. The van der Waals surface area contributed by atoms with Crippen molar-refractivity contribution < 1.29 is 4.39 Å². The van der Waals surface area contributed by atoms with Gasteiger partial charge in [-0.25, -0.2) is 9.37 Å². The van der Waals surface area contributed by atoms with E-state index in [0.717, 1.165) is 6.20 Å². The van der Waals surface area contributed by atoms with Crippen LogP contribution in [0.5, 0.6) is 0 Å². The maximum Gasteiger partial charge on any atom is 0.222 e. The lowest BCUT2D eigenvalue weighted by Crippen LogP contribution is -2.02. The topological polar surface area (TPSA) is 87.6 Å². The summed E-state index contributed by atoms with van der Waals surface area (Å²) in [6.07, 6.45) is 0.961. The summed E-state index contributed by atoms with van der Waals surface area (Å²) in [4.78, 5) is 7.22. The van der Waals surface area contributed by atoms with Crippen LogP contribution in [0.25, 0.3) is 0 Å². The number of nitrogen functional groups attached to an aromatic ring is 1. The van der Waals surface area contributed by atoms with Gasteiger partial charge in [-0.15, -0.1) is 0 Å². The van der Waals surface area contributed by atoms with E-state index in [0.29, 0.717) is 11.3 Å². The largest absolute Gasteiger partial charge is 0.368 e. The van der Waals surface area contributed by atoms with E-state index in [1.165, 1.54) is 6.07 Å². The number of nitrogens with one attached hydrogen (secondary N) is 1. The van der Waals surface area contributed by atoms with Crippen molar-refractivity contribution in [3.63, 3.8) is 0 Å². The molecule has 18 heavy (non-hydrogen) atoms. The van der Waals surface area contributed by atoms with E-state index in [9.17, 15) is 4.39 Å². The Morgan fingerprint density at radius 2 is 2.22 bits per heavy atom. The third-order valence-electron chi connectivity index (χ3n) is 2.11. The minimum Gasteiger partial charge on any atom is -0.368 e. The van der Waals surface area contributed by atoms with Crippen molar-refractivity contribution in [2.45, 2.75) is 0 Å². The van der Waals surface area contributed by atoms with Gasteiger partial charge in [0.2, 0.25) is 5.95 Å². The Morgan fingerprint density at radius 1 is 1.44 bits per heavy atom. The highest BCUT2D eigenvalue weighted by molar-refractivity contribution is 6.33. The molecule has 0 saturated heterocycles. The van der Waals surface area contributed by atoms with E-state index < -0.39 is 5.82 Å². The molecule has 0 aliphatic carbocycles. The number of aromatic nitrogens is 2. The molecule has 0 bridgehead atoms. The fourth-order valence-electron chi connectivity index (χ4n) is 1.28. The molecule has 3 N–H and O–H groups in total. The fourth-order valence-corrected chi connectivity index (χ4v) is 1.51. The number of hydrogen-bond acceptors (Lipinski definition) is 5. The van der Waals surface area contributed by atoms with E-state index in [-0.39, 0.29) is 16.8 Å². The highest BCUT2D eigenvalue weighted by Gasteiger charge is 2.08. The number of nitrogens with two attached hydrogens (primary N) is 1. The van der Waals surface area contributed by atoms with Crippen LogP contribution in [0.3, 0.4) is 0 Å². The van der Waals surface area contributed by atoms with Crippen LogP contribution in [0.15, 0.2) is 24.4 Å². The standard InChI is InChI=1S/C11H7ClFN5/c12-7-3-6(4-14)1-2-9(7)17-10-8(13)5-16-11(15)18-10/h1-3,5H,(H3,15,16,17,18). The van der Waals surface area contributed by atoms with Gasteiger partial charge in [-0.05, 0) is 18.2 Å². The molecule has 5 nitrogen and oxygen atoms in total. The molecule has 1 heterocycles. The van der Waals surface area contributed by atoms with Crippen LogP contribution in [0.4, 0.5) is 21.8 Å². The number of rotatable bonds is 2. The summed E-state index contributed by atoms with van der Waals surface area (Å²) in [5, 5.41) is 11.7. The molecule has 0 unspecified atom stereocenters. The first kappa shape index (κ1) is 12.1. The summed E-state index contributed by atoms with van der Waals surface area (Å²) in [6.45, 7) is 0. The molecular formula is C11H7ClFN5. The first-order chi connectivity index (χ1) is 8.60. The van der Waals surface area contributed by atoms with Gasteiger partial charge in [-0.2, -0.15) is 10.2 Å².